The highest BCUT2D eigenvalue weighted by Crippen LogP contribution is 2.35. The number of ketones is 2. The molecule has 0 amide bonds. The van der Waals surface area contributed by atoms with Crippen molar-refractivity contribution in [1.82, 2.24) is 19.9 Å². The maximum atomic E-state index is 12.7. The minimum Gasteiger partial charge on any atom is -0.497 e. The smallest absolute Gasteiger partial charge is 0.446 e. The standard InChI is InChI=1S/C35H34Cl2N2O3.C31H26Cl2N2O3.C2HF3O.CH2Cl2.2CO2/c1-35(2,3)15-5-6-34(40)24-9-7-23(8-10-24)22-42-39-33(21-32(38-39)28-17-29(36)20-30(37)18-28)27-12-11-26-19-31(41-4)14-13-25(26)16-27;1-3-4-31(36)21-7-5-20(6-8-21)19-38-35-30(18-29(34-35)25-14-26(32)17-27(33)15-25)24-10-9-23-16-28(37-2)12-11-22(23)13-24;3-2(4,5)1-6;3*2-1-3/h7-14,16-21H,5-6,15,22H2,1-4H3;5-18H,3-4,19H2,1-2H3;1H;1H2;;. The molecule has 0 aliphatic heterocycles. The summed E-state index contributed by atoms with van der Waals surface area (Å²) in [5.74, 6) is 1.93. The molecule has 0 N–H and O–H groups in total. The molecule has 496 valence electrons. The number of hydrogen-bond acceptors (Lipinski definition) is 13. The summed E-state index contributed by atoms with van der Waals surface area (Å²) in [5.41, 5.74) is 9.90. The number of Topliss-reactive ketones (excluding diaryl/α,β-unsaturated/α-hetero) is 2. The third kappa shape index (κ3) is 24.8. The molecule has 24 heteroatoms. The van der Waals surface area contributed by atoms with Crippen LogP contribution in [0.3, 0.4) is 0 Å². The van der Waals surface area contributed by atoms with Gasteiger partial charge in [-0.3, -0.25) is 14.4 Å². The van der Waals surface area contributed by atoms with Crippen LogP contribution in [-0.2, 0) is 37.2 Å². The number of carbonyl (C=O) groups is 3. The second-order valence-electron chi connectivity index (χ2n) is 21.6. The number of benzene rings is 8. The SMILES string of the molecule is CCCC(=O)c1ccc(COn2nc(-c3cc(Cl)cc(Cl)c3)cc2-c2ccc3cc(OC)ccc3c2)cc1.COc1ccc2cc(-c3cc(-c4cc(Cl)cc(Cl)c4)nn3OCc3ccc(C(=O)CCCC(C)(C)C)cc3)ccc2c1.ClCCl.O=C=O.O=C=O.O=CC(F)(F)F. The molecule has 10 aromatic rings. The van der Waals surface area contributed by atoms with Crippen molar-refractivity contribution >= 4 is 121 Å². The summed E-state index contributed by atoms with van der Waals surface area (Å²) >= 11 is 34.6. The van der Waals surface area contributed by atoms with Crippen LogP contribution in [0.2, 0.25) is 20.1 Å². The number of methoxy groups -OCH3 is 2. The lowest BCUT2D eigenvalue weighted by molar-refractivity contribution is -0.193. The predicted octanol–water partition coefficient (Wildman–Crippen LogP) is 19.0. The van der Waals surface area contributed by atoms with Crippen molar-refractivity contribution in [1.29, 1.82) is 0 Å². The van der Waals surface area contributed by atoms with E-state index in [1.165, 1.54) is 4.85 Å². The Morgan fingerprint density at radius 1 is 0.505 bits per heavy atom. The Morgan fingerprint density at radius 3 is 1.17 bits per heavy atom. The molecule has 8 aromatic carbocycles. The Kier molecular flexibility index (Phi) is 30.7. The van der Waals surface area contributed by atoms with E-state index in [0.717, 1.165) is 103 Å². The number of carbonyl (C=O) groups excluding carboxylic acids is 7. The van der Waals surface area contributed by atoms with Gasteiger partial charge in [0.05, 0.1) is 30.9 Å². The van der Waals surface area contributed by atoms with Crippen LogP contribution in [-0.4, -0.2) is 75.8 Å². The molecule has 0 unspecified atom stereocenters. The van der Waals surface area contributed by atoms with E-state index in [0.29, 0.717) is 49.9 Å². The van der Waals surface area contributed by atoms with E-state index >= 15 is 0 Å². The molecule has 15 nitrogen and oxygen atoms in total. The fourth-order valence-corrected chi connectivity index (χ4v) is 10.2. The summed E-state index contributed by atoms with van der Waals surface area (Å²) in [5, 5.41) is 16.1. The topological polar surface area (TPSA) is 192 Å². The lowest BCUT2D eigenvalue weighted by Crippen LogP contribution is -2.14. The average molecular weight is 1420 g/mol. The quantitative estimate of drug-likeness (QED) is 0.0422. The summed E-state index contributed by atoms with van der Waals surface area (Å²) < 4.78 is 42.0. The van der Waals surface area contributed by atoms with E-state index in [9.17, 15) is 22.8 Å². The van der Waals surface area contributed by atoms with Gasteiger partial charge in [-0.05, 0) is 142 Å². The Bertz CT molecular complexity index is 4210. The minimum absolute atomic E-state index is 0.146. The highest BCUT2D eigenvalue weighted by Gasteiger charge is 2.25. The van der Waals surface area contributed by atoms with E-state index in [1.54, 1.807) is 31.2 Å². The number of aldehydes is 1. The fourth-order valence-electron chi connectivity index (χ4n) is 9.16. The van der Waals surface area contributed by atoms with Gasteiger partial charge in [0.2, 0.25) is 6.29 Å². The normalized spacial score (nSPS) is 10.6. The zero-order valence-corrected chi connectivity index (χ0v) is 56.6. The fraction of sp³-hybridized carbons (Fsp3) is 0.225. The lowest BCUT2D eigenvalue weighted by atomic mass is 9.89. The van der Waals surface area contributed by atoms with Gasteiger partial charge in [0.1, 0.15) is 36.1 Å². The van der Waals surface area contributed by atoms with Crippen molar-refractivity contribution < 1.29 is 65.9 Å². The van der Waals surface area contributed by atoms with Crippen molar-refractivity contribution in [2.24, 2.45) is 5.41 Å². The van der Waals surface area contributed by atoms with Crippen LogP contribution in [0.5, 0.6) is 11.5 Å². The molecule has 0 saturated carbocycles. The number of ether oxygens (including phenoxy) is 2. The molecule has 0 saturated heterocycles. The van der Waals surface area contributed by atoms with Crippen LogP contribution in [0.25, 0.3) is 66.6 Å². The number of alkyl halides is 5. The van der Waals surface area contributed by atoms with Crippen molar-refractivity contribution in [3.63, 3.8) is 0 Å². The van der Waals surface area contributed by atoms with Gasteiger partial charge in [-0.1, -0.05) is 169 Å². The number of halogens is 9. The third-order valence-electron chi connectivity index (χ3n) is 13.6. The molecule has 0 radical (unpaired) electrons. The molecule has 0 atom stereocenters. The van der Waals surface area contributed by atoms with E-state index < -0.39 is 12.5 Å². The van der Waals surface area contributed by atoms with Gasteiger partial charge in [0.15, 0.2) is 11.6 Å². The summed E-state index contributed by atoms with van der Waals surface area (Å²) in [6.45, 7) is 9.14. The van der Waals surface area contributed by atoms with Gasteiger partial charge in [-0.15, -0.1) is 33.4 Å². The third-order valence-corrected chi connectivity index (χ3v) is 14.4. The molecule has 0 bridgehead atoms. The predicted molar refractivity (Wildman–Crippen MR) is 363 cm³/mol. The average Bonchev–Trinajstić information content (AvgIpc) is 1.70. The largest absolute Gasteiger partial charge is 0.497 e. The van der Waals surface area contributed by atoms with Crippen LogP contribution >= 0.6 is 69.6 Å². The van der Waals surface area contributed by atoms with Gasteiger partial charge in [0, 0.05) is 66.3 Å². The highest BCUT2D eigenvalue weighted by atomic mass is 35.5. The zero-order chi connectivity index (χ0) is 69.8. The number of fused-ring (bicyclic) bond motifs is 2. The second kappa shape index (κ2) is 37.9. The molecule has 2 heterocycles. The van der Waals surface area contributed by atoms with Crippen LogP contribution in [0.4, 0.5) is 13.2 Å². The first-order valence-corrected chi connectivity index (χ1v) is 31.3. The molecule has 10 rings (SSSR count). The summed E-state index contributed by atoms with van der Waals surface area (Å²) in [7, 11) is 3.32. The Labute approximate surface area is 576 Å². The first kappa shape index (κ1) is 76.9. The van der Waals surface area contributed by atoms with E-state index in [-0.39, 0.29) is 47.8 Å². The van der Waals surface area contributed by atoms with Crippen LogP contribution in [0, 0.1) is 5.41 Å². The summed E-state index contributed by atoms with van der Waals surface area (Å²) in [4.78, 5) is 81.5. The van der Waals surface area contributed by atoms with Crippen molar-refractivity contribution in [3.8, 4) is 56.5 Å². The van der Waals surface area contributed by atoms with Gasteiger partial charge >= 0.3 is 18.5 Å². The molecular weight excluding hydrogens is 1350 g/mol. The number of hydrogen-bond donors (Lipinski definition) is 0. The highest BCUT2D eigenvalue weighted by molar-refractivity contribution is 6.40. The molecule has 0 spiro atoms. The maximum absolute atomic E-state index is 12.7. The van der Waals surface area contributed by atoms with Gasteiger partial charge < -0.3 is 19.1 Å². The molecule has 0 aliphatic carbocycles. The first-order valence-electron chi connectivity index (χ1n) is 28.8. The van der Waals surface area contributed by atoms with E-state index in [4.69, 9.17) is 123 Å². The molecule has 0 fully saturated rings. The van der Waals surface area contributed by atoms with E-state index in [1.807, 2.05) is 146 Å². The molecular formula is C71H63Cl6F3N4O11. The summed E-state index contributed by atoms with van der Waals surface area (Å²) in [6, 6.07) is 54.0. The molecule has 2 aromatic heterocycles. The summed E-state index contributed by atoms with van der Waals surface area (Å²) in [6.07, 6.45) is -1.37. The van der Waals surface area contributed by atoms with Crippen LogP contribution < -0.4 is 19.1 Å². The molecule has 95 heavy (non-hydrogen) atoms. The van der Waals surface area contributed by atoms with Gasteiger partial charge in [0.25, 0.3) is 0 Å². The molecule has 0 aliphatic rings. The monoisotopic (exact) mass is 1410 g/mol. The van der Waals surface area contributed by atoms with Gasteiger partial charge in [-0.2, -0.15) is 32.3 Å². The van der Waals surface area contributed by atoms with Crippen LogP contribution in [0.1, 0.15) is 91.6 Å². The van der Waals surface area contributed by atoms with Crippen molar-refractivity contribution in [2.45, 2.75) is 79.2 Å². The van der Waals surface area contributed by atoms with Crippen LogP contribution in [0.15, 0.2) is 170 Å². The lowest BCUT2D eigenvalue weighted by Gasteiger charge is -2.17. The second-order valence-corrected chi connectivity index (χ2v) is 24.2. The zero-order valence-electron chi connectivity index (χ0n) is 52.1. The van der Waals surface area contributed by atoms with E-state index in [2.05, 4.69) is 39.0 Å². The number of nitrogens with zero attached hydrogens (tertiary/aromatic N) is 4. The van der Waals surface area contributed by atoms with Crippen molar-refractivity contribution in [3.05, 3.63) is 212 Å². The number of rotatable bonds is 19. The Hall–Kier alpha value is -8.80. The first-order chi connectivity index (χ1) is 45.3. The van der Waals surface area contributed by atoms with Crippen molar-refractivity contribution in [2.75, 3.05) is 19.6 Å². The number of aromatic nitrogens is 4. The Morgan fingerprint density at radius 2 is 0.842 bits per heavy atom. The maximum Gasteiger partial charge on any atom is 0.446 e. The van der Waals surface area contributed by atoms with Gasteiger partial charge in [-0.25, -0.2) is 0 Å². The Balaban J connectivity index is 0.000000285. The minimum atomic E-state index is -4.64.